The Labute approximate surface area is 120 Å². The number of nitrogens with one attached hydrogen (secondary N) is 1. The van der Waals surface area contributed by atoms with Gasteiger partial charge < -0.3 is 10.2 Å². The number of thiazole rings is 1. The average Bonchev–Trinajstić information content (AvgIpc) is 2.95. The van der Waals surface area contributed by atoms with Crippen molar-refractivity contribution in [3.63, 3.8) is 0 Å². The van der Waals surface area contributed by atoms with Gasteiger partial charge in [-0.1, -0.05) is 6.92 Å². The van der Waals surface area contributed by atoms with Gasteiger partial charge in [-0.05, 0) is 51.6 Å². The highest BCUT2D eigenvalue weighted by Crippen LogP contribution is 2.39. The second kappa shape index (κ2) is 5.90. The van der Waals surface area contributed by atoms with E-state index in [0.717, 1.165) is 31.0 Å². The second-order valence-electron chi connectivity index (χ2n) is 6.12. The van der Waals surface area contributed by atoms with E-state index in [1.165, 1.54) is 30.6 Å². The van der Waals surface area contributed by atoms with E-state index < -0.39 is 0 Å². The number of hydrogen-bond donors (Lipinski definition) is 1. The Morgan fingerprint density at radius 2 is 2.16 bits per heavy atom. The predicted molar refractivity (Wildman–Crippen MR) is 80.6 cm³/mol. The molecule has 4 heteroatoms. The standard InChI is InChI=1S/C15H25N3S/c1-3-17-15(8-14-9-16-10-19-14)11-6-12-4-5-13(7-11)18(12)2/h9-13,15,17H,3-8H2,1-2H3. The van der Waals surface area contributed by atoms with Gasteiger partial charge in [-0.15, -0.1) is 11.3 Å². The summed E-state index contributed by atoms with van der Waals surface area (Å²) < 4.78 is 0. The largest absolute Gasteiger partial charge is 0.314 e. The summed E-state index contributed by atoms with van der Waals surface area (Å²) in [6.07, 6.45) is 8.78. The Kier molecular flexibility index (Phi) is 4.20. The maximum atomic E-state index is 4.22. The quantitative estimate of drug-likeness (QED) is 0.898. The van der Waals surface area contributed by atoms with Crippen molar-refractivity contribution in [2.75, 3.05) is 13.6 Å². The van der Waals surface area contributed by atoms with E-state index in [-0.39, 0.29) is 0 Å². The zero-order valence-corrected chi connectivity index (χ0v) is 12.8. The van der Waals surface area contributed by atoms with E-state index in [4.69, 9.17) is 0 Å². The topological polar surface area (TPSA) is 28.2 Å². The van der Waals surface area contributed by atoms with Gasteiger partial charge in [0.25, 0.3) is 0 Å². The Hall–Kier alpha value is -0.450. The van der Waals surface area contributed by atoms with Crippen LogP contribution < -0.4 is 5.32 Å². The minimum atomic E-state index is 0.641. The lowest BCUT2D eigenvalue weighted by molar-refractivity contribution is 0.113. The van der Waals surface area contributed by atoms with Crippen LogP contribution in [0.1, 0.15) is 37.5 Å². The molecule has 19 heavy (non-hydrogen) atoms. The van der Waals surface area contributed by atoms with Gasteiger partial charge in [0.2, 0.25) is 0 Å². The lowest BCUT2D eigenvalue weighted by atomic mass is 9.83. The molecule has 0 saturated carbocycles. The molecule has 3 heterocycles. The number of nitrogens with zero attached hydrogens (tertiary/aromatic N) is 2. The van der Waals surface area contributed by atoms with Gasteiger partial charge >= 0.3 is 0 Å². The zero-order valence-electron chi connectivity index (χ0n) is 12.0. The van der Waals surface area contributed by atoms with Crippen LogP contribution in [0.3, 0.4) is 0 Å². The zero-order chi connectivity index (χ0) is 13.2. The molecule has 2 fully saturated rings. The Morgan fingerprint density at radius 3 is 2.74 bits per heavy atom. The molecule has 3 rings (SSSR count). The molecule has 2 saturated heterocycles. The van der Waals surface area contributed by atoms with Crippen molar-refractivity contribution in [2.24, 2.45) is 5.92 Å². The van der Waals surface area contributed by atoms with Gasteiger partial charge in [0, 0.05) is 29.2 Å². The molecule has 2 aliphatic heterocycles. The number of piperidine rings is 1. The average molecular weight is 279 g/mol. The number of aromatic nitrogens is 1. The fourth-order valence-corrected chi connectivity index (χ4v) is 4.66. The normalized spacial score (nSPS) is 32.6. The molecule has 1 aromatic heterocycles. The number of fused-ring (bicyclic) bond motifs is 2. The molecule has 2 aliphatic rings. The van der Waals surface area contributed by atoms with Crippen LogP contribution in [0.25, 0.3) is 0 Å². The van der Waals surface area contributed by atoms with Crippen LogP contribution in [0.2, 0.25) is 0 Å². The van der Waals surface area contributed by atoms with Crippen LogP contribution in [0.5, 0.6) is 0 Å². The SMILES string of the molecule is CCNC(Cc1cncs1)C1CC2CCC(C1)N2C. The summed E-state index contributed by atoms with van der Waals surface area (Å²) in [5, 5.41) is 3.73. The van der Waals surface area contributed by atoms with E-state index in [2.05, 4.69) is 29.2 Å². The monoisotopic (exact) mass is 279 g/mol. The highest BCUT2D eigenvalue weighted by atomic mass is 32.1. The third-order valence-corrected chi connectivity index (χ3v) is 5.88. The lowest BCUT2D eigenvalue weighted by Crippen LogP contribution is -2.47. The Morgan fingerprint density at radius 1 is 1.42 bits per heavy atom. The summed E-state index contributed by atoms with van der Waals surface area (Å²) >= 11 is 1.80. The maximum absolute atomic E-state index is 4.22. The van der Waals surface area contributed by atoms with E-state index in [1.54, 1.807) is 11.3 Å². The van der Waals surface area contributed by atoms with Gasteiger partial charge in [0.15, 0.2) is 0 Å². The second-order valence-corrected chi connectivity index (χ2v) is 7.09. The highest BCUT2D eigenvalue weighted by Gasteiger charge is 2.40. The summed E-state index contributed by atoms with van der Waals surface area (Å²) in [4.78, 5) is 8.28. The molecule has 0 aromatic carbocycles. The van der Waals surface area contributed by atoms with E-state index in [9.17, 15) is 0 Å². The molecule has 106 valence electrons. The third kappa shape index (κ3) is 2.86. The molecule has 0 spiro atoms. The first-order valence-corrected chi connectivity index (χ1v) is 8.48. The Bertz CT molecular complexity index is 378. The molecule has 1 aromatic rings. The van der Waals surface area contributed by atoms with Crippen LogP contribution in [0.15, 0.2) is 11.7 Å². The minimum absolute atomic E-state index is 0.641. The van der Waals surface area contributed by atoms with Gasteiger partial charge in [0.05, 0.1) is 5.51 Å². The lowest BCUT2D eigenvalue weighted by Gasteiger charge is -2.40. The molecule has 3 atom stereocenters. The van der Waals surface area contributed by atoms with Gasteiger partial charge in [-0.3, -0.25) is 4.98 Å². The predicted octanol–water partition coefficient (Wildman–Crippen LogP) is 2.54. The summed E-state index contributed by atoms with van der Waals surface area (Å²) in [5.74, 6) is 0.843. The summed E-state index contributed by atoms with van der Waals surface area (Å²) in [6.45, 7) is 3.30. The summed E-state index contributed by atoms with van der Waals surface area (Å²) in [7, 11) is 2.32. The first kappa shape index (κ1) is 13.5. The van der Waals surface area contributed by atoms with Crippen LogP contribution in [0.4, 0.5) is 0 Å². The van der Waals surface area contributed by atoms with Crippen molar-refractivity contribution in [3.05, 3.63) is 16.6 Å². The van der Waals surface area contributed by atoms with Crippen LogP contribution in [0, 0.1) is 5.92 Å². The van der Waals surface area contributed by atoms with E-state index in [0.29, 0.717) is 6.04 Å². The highest BCUT2D eigenvalue weighted by molar-refractivity contribution is 7.09. The van der Waals surface area contributed by atoms with Crippen molar-refractivity contribution >= 4 is 11.3 Å². The van der Waals surface area contributed by atoms with Crippen molar-refractivity contribution in [1.29, 1.82) is 0 Å². The number of rotatable bonds is 5. The first-order chi connectivity index (χ1) is 9.28. The summed E-state index contributed by atoms with van der Waals surface area (Å²) in [6, 6.07) is 2.32. The van der Waals surface area contributed by atoms with Gasteiger partial charge in [-0.2, -0.15) is 0 Å². The third-order valence-electron chi connectivity index (χ3n) is 5.07. The van der Waals surface area contributed by atoms with Crippen LogP contribution in [-0.4, -0.2) is 41.6 Å². The molecule has 3 nitrogen and oxygen atoms in total. The van der Waals surface area contributed by atoms with Crippen molar-refractivity contribution < 1.29 is 0 Å². The van der Waals surface area contributed by atoms with E-state index >= 15 is 0 Å². The number of likely N-dealkylation sites (N-methyl/N-ethyl adjacent to an activating group) is 1. The first-order valence-electron chi connectivity index (χ1n) is 7.60. The molecule has 0 radical (unpaired) electrons. The molecule has 0 amide bonds. The fourth-order valence-electron chi connectivity index (χ4n) is 4.01. The summed E-state index contributed by atoms with van der Waals surface area (Å²) in [5.41, 5.74) is 1.96. The van der Waals surface area contributed by atoms with Crippen molar-refractivity contribution in [3.8, 4) is 0 Å². The van der Waals surface area contributed by atoms with Gasteiger partial charge in [-0.25, -0.2) is 0 Å². The smallest absolute Gasteiger partial charge is 0.0794 e. The molecule has 1 N–H and O–H groups in total. The van der Waals surface area contributed by atoms with Crippen LogP contribution in [-0.2, 0) is 6.42 Å². The maximum Gasteiger partial charge on any atom is 0.0794 e. The van der Waals surface area contributed by atoms with Crippen molar-refractivity contribution in [1.82, 2.24) is 15.2 Å². The number of hydrogen-bond acceptors (Lipinski definition) is 4. The van der Waals surface area contributed by atoms with Crippen molar-refractivity contribution in [2.45, 2.75) is 57.2 Å². The molecule has 0 aliphatic carbocycles. The minimum Gasteiger partial charge on any atom is -0.314 e. The Balaban J connectivity index is 1.67. The fraction of sp³-hybridized carbons (Fsp3) is 0.800. The van der Waals surface area contributed by atoms with Gasteiger partial charge in [0.1, 0.15) is 0 Å². The van der Waals surface area contributed by atoms with Crippen LogP contribution >= 0.6 is 11.3 Å². The molecule has 3 unspecified atom stereocenters. The van der Waals surface area contributed by atoms with E-state index in [1.807, 2.05) is 11.7 Å². The molecular weight excluding hydrogens is 254 g/mol. The molecular formula is C15H25N3S. The molecule has 2 bridgehead atoms.